The molecule has 0 aromatic heterocycles. The van der Waals surface area contributed by atoms with Gasteiger partial charge in [-0.2, -0.15) is 0 Å². The van der Waals surface area contributed by atoms with Crippen LogP contribution in [-0.2, 0) is 14.3 Å². The molecule has 15 heavy (non-hydrogen) atoms. The van der Waals surface area contributed by atoms with Crippen molar-refractivity contribution in [1.29, 1.82) is 0 Å². The van der Waals surface area contributed by atoms with Gasteiger partial charge in [0.2, 0.25) is 0 Å². The molecule has 4 heteroatoms. The van der Waals surface area contributed by atoms with Crippen molar-refractivity contribution in [3.8, 4) is 0 Å². The van der Waals surface area contributed by atoms with Crippen LogP contribution in [-0.4, -0.2) is 38.9 Å². The quantitative estimate of drug-likeness (QED) is 0.681. The fourth-order valence-corrected chi connectivity index (χ4v) is 2.67. The van der Waals surface area contributed by atoms with E-state index in [9.17, 15) is 4.79 Å². The fourth-order valence-electron chi connectivity index (χ4n) is 2.67. The Bertz CT molecular complexity index is 236. The highest BCUT2D eigenvalue weighted by atomic mass is 16.5. The lowest BCUT2D eigenvalue weighted by atomic mass is 9.74. The van der Waals surface area contributed by atoms with Crippen molar-refractivity contribution in [3.05, 3.63) is 0 Å². The predicted molar refractivity (Wildman–Crippen MR) is 55.5 cm³/mol. The number of rotatable bonds is 2. The molecule has 2 aliphatic heterocycles. The Morgan fingerprint density at radius 1 is 1.67 bits per heavy atom. The lowest BCUT2D eigenvalue weighted by Gasteiger charge is -2.36. The number of hydrogen-bond donors (Lipinski definition) is 1. The van der Waals surface area contributed by atoms with E-state index in [-0.39, 0.29) is 17.3 Å². The molecule has 0 saturated carbocycles. The molecule has 1 spiro atoms. The third-order valence-electron chi connectivity index (χ3n) is 3.49. The highest BCUT2D eigenvalue weighted by Crippen LogP contribution is 2.39. The highest BCUT2D eigenvalue weighted by molar-refractivity contribution is 5.74. The monoisotopic (exact) mass is 213 g/mol. The molecule has 2 fully saturated rings. The second-order valence-electron chi connectivity index (χ2n) is 4.45. The van der Waals surface area contributed by atoms with Gasteiger partial charge in [-0.1, -0.05) is 0 Å². The van der Waals surface area contributed by atoms with Crippen molar-refractivity contribution in [2.75, 3.05) is 32.9 Å². The zero-order valence-corrected chi connectivity index (χ0v) is 9.25. The molecule has 2 heterocycles. The summed E-state index contributed by atoms with van der Waals surface area (Å²) in [7, 11) is 0. The van der Waals surface area contributed by atoms with Gasteiger partial charge in [0.15, 0.2) is 0 Å². The molecule has 0 radical (unpaired) electrons. The van der Waals surface area contributed by atoms with E-state index < -0.39 is 0 Å². The summed E-state index contributed by atoms with van der Waals surface area (Å²) < 4.78 is 10.6. The molecule has 2 unspecified atom stereocenters. The molecule has 2 saturated heterocycles. The average Bonchev–Trinajstić information content (AvgIpc) is 2.63. The van der Waals surface area contributed by atoms with Crippen LogP contribution in [0.1, 0.15) is 19.8 Å². The predicted octanol–water partition coefficient (Wildman–Crippen LogP) is 0.566. The number of esters is 1. The minimum atomic E-state index is -0.0620. The summed E-state index contributed by atoms with van der Waals surface area (Å²) in [5.41, 5.74) is 0.00447. The van der Waals surface area contributed by atoms with Gasteiger partial charge in [-0.05, 0) is 19.8 Å². The van der Waals surface area contributed by atoms with Crippen molar-refractivity contribution in [2.45, 2.75) is 19.8 Å². The minimum absolute atomic E-state index is 0.00447. The second kappa shape index (κ2) is 4.49. The van der Waals surface area contributed by atoms with E-state index in [1.165, 1.54) is 0 Å². The Hall–Kier alpha value is -0.610. The molecule has 0 amide bonds. The van der Waals surface area contributed by atoms with Crippen molar-refractivity contribution < 1.29 is 14.3 Å². The molecule has 1 N–H and O–H groups in total. The molecule has 0 aromatic rings. The van der Waals surface area contributed by atoms with Gasteiger partial charge in [0, 0.05) is 25.1 Å². The normalized spacial score (nSPS) is 35.7. The molecular weight excluding hydrogens is 194 g/mol. The van der Waals surface area contributed by atoms with Crippen molar-refractivity contribution >= 4 is 5.97 Å². The largest absolute Gasteiger partial charge is 0.466 e. The van der Waals surface area contributed by atoms with Gasteiger partial charge in [-0.25, -0.2) is 0 Å². The van der Waals surface area contributed by atoms with Crippen LogP contribution in [0.3, 0.4) is 0 Å². The summed E-state index contributed by atoms with van der Waals surface area (Å²) >= 11 is 0. The summed E-state index contributed by atoms with van der Waals surface area (Å²) in [6.07, 6.45) is 2.13. The molecule has 86 valence electrons. The molecule has 4 nitrogen and oxygen atoms in total. The number of hydrogen-bond acceptors (Lipinski definition) is 4. The molecule has 2 aliphatic rings. The Labute approximate surface area is 90.3 Å². The first-order valence-corrected chi connectivity index (χ1v) is 5.73. The van der Waals surface area contributed by atoms with Crippen LogP contribution in [0.2, 0.25) is 0 Å². The SMILES string of the molecule is CCOC(=O)C1CNCC12CCCOC2. The van der Waals surface area contributed by atoms with Crippen LogP contribution < -0.4 is 5.32 Å². The Morgan fingerprint density at radius 2 is 2.53 bits per heavy atom. The second-order valence-corrected chi connectivity index (χ2v) is 4.45. The van der Waals surface area contributed by atoms with Crippen LogP contribution in [0, 0.1) is 11.3 Å². The Morgan fingerprint density at radius 3 is 3.20 bits per heavy atom. The van der Waals surface area contributed by atoms with E-state index in [0.717, 1.165) is 32.5 Å². The maximum absolute atomic E-state index is 11.8. The van der Waals surface area contributed by atoms with E-state index in [2.05, 4.69) is 5.32 Å². The molecule has 2 rings (SSSR count). The number of nitrogens with one attached hydrogen (secondary N) is 1. The summed E-state index contributed by atoms with van der Waals surface area (Å²) in [5, 5.41) is 3.29. The van der Waals surface area contributed by atoms with Crippen molar-refractivity contribution in [3.63, 3.8) is 0 Å². The van der Waals surface area contributed by atoms with Crippen molar-refractivity contribution in [2.24, 2.45) is 11.3 Å². The third-order valence-corrected chi connectivity index (χ3v) is 3.49. The van der Waals surface area contributed by atoms with Gasteiger partial charge in [-0.15, -0.1) is 0 Å². The Kier molecular flexibility index (Phi) is 3.26. The third kappa shape index (κ3) is 2.01. The first-order chi connectivity index (χ1) is 7.28. The lowest BCUT2D eigenvalue weighted by molar-refractivity contribution is -0.154. The molecule has 0 aromatic carbocycles. The number of carbonyl (C=O) groups excluding carboxylic acids is 1. The van der Waals surface area contributed by atoms with Gasteiger partial charge in [0.1, 0.15) is 0 Å². The first kappa shape index (κ1) is 10.9. The van der Waals surface area contributed by atoms with Gasteiger partial charge in [-0.3, -0.25) is 4.79 Å². The van der Waals surface area contributed by atoms with Gasteiger partial charge >= 0.3 is 5.97 Å². The maximum Gasteiger partial charge on any atom is 0.310 e. The van der Waals surface area contributed by atoms with Gasteiger partial charge < -0.3 is 14.8 Å². The van der Waals surface area contributed by atoms with Crippen LogP contribution in [0.25, 0.3) is 0 Å². The standard InChI is InChI=1S/C11H19NO3/c1-2-15-10(13)9-6-12-7-11(9)4-3-5-14-8-11/h9,12H,2-8H2,1H3. The number of ether oxygens (including phenoxy) is 2. The van der Waals surface area contributed by atoms with Crippen LogP contribution in [0.15, 0.2) is 0 Å². The van der Waals surface area contributed by atoms with E-state index >= 15 is 0 Å². The summed E-state index contributed by atoms with van der Waals surface area (Å²) in [6, 6.07) is 0. The van der Waals surface area contributed by atoms with Crippen LogP contribution >= 0.6 is 0 Å². The minimum Gasteiger partial charge on any atom is -0.466 e. The van der Waals surface area contributed by atoms with Gasteiger partial charge in [0.25, 0.3) is 0 Å². The molecule has 0 aliphatic carbocycles. The molecule has 0 bridgehead atoms. The fraction of sp³-hybridized carbons (Fsp3) is 0.909. The Balaban J connectivity index is 2.06. The van der Waals surface area contributed by atoms with Crippen LogP contribution in [0.4, 0.5) is 0 Å². The van der Waals surface area contributed by atoms with Crippen molar-refractivity contribution in [1.82, 2.24) is 5.32 Å². The van der Waals surface area contributed by atoms with E-state index in [0.29, 0.717) is 13.2 Å². The summed E-state index contributed by atoms with van der Waals surface area (Å²) in [6.45, 7) is 5.47. The smallest absolute Gasteiger partial charge is 0.310 e. The zero-order chi connectivity index (χ0) is 10.7. The van der Waals surface area contributed by atoms with E-state index in [4.69, 9.17) is 9.47 Å². The molecule has 2 atom stereocenters. The summed E-state index contributed by atoms with van der Waals surface area (Å²) in [4.78, 5) is 11.8. The van der Waals surface area contributed by atoms with Gasteiger partial charge in [0.05, 0.1) is 19.1 Å². The zero-order valence-electron chi connectivity index (χ0n) is 9.25. The van der Waals surface area contributed by atoms with Crippen LogP contribution in [0.5, 0.6) is 0 Å². The molecular formula is C11H19NO3. The maximum atomic E-state index is 11.8. The highest BCUT2D eigenvalue weighted by Gasteiger charge is 2.48. The topological polar surface area (TPSA) is 47.6 Å². The van der Waals surface area contributed by atoms with E-state index in [1.807, 2.05) is 6.92 Å². The lowest BCUT2D eigenvalue weighted by Crippen LogP contribution is -2.42. The van der Waals surface area contributed by atoms with E-state index in [1.54, 1.807) is 0 Å². The summed E-state index contributed by atoms with van der Waals surface area (Å²) in [5.74, 6) is -0.0780. The average molecular weight is 213 g/mol. The number of carbonyl (C=O) groups is 1. The first-order valence-electron chi connectivity index (χ1n) is 5.73.